The van der Waals surface area contributed by atoms with Gasteiger partial charge in [0.15, 0.2) is 0 Å². The first-order chi connectivity index (χ1) is 15.5. The highest BCUT2D eigenvalue weighted by Gasteiger charge is 2.38. The SMILES string of the molecule is Cc1cc(CN(C)C)cc(NC(=O)c2ccc(C3CCCNC3)cc2)c1.O=C(O)C(F)(F)F. The number of benzene rings is 2. The van der Waals surface area contributed by atoms with E-state index in [1.54, 1.807) is 0 Å². The molecular weight excluding hydrogens is 435 g/mol. The van der Waals surface area contributed by atoms with Crippen LogP contribution in [-0.2, 0) is 11.3 Å². The summed E-state index contributed by atoms with van der Waals surface area (Å²) in [7, 11) is 4.09. The fraction of sp³-hybridized carbons (Fsp3) is 0.417. The first kappa shape index (κ1) is 26.3. The summed E-state index contributed by atoms with van der Waals surface area (Å²) in [5, 5.41) is 13.6. The minimum Gasteiger partial charge on any atom is -0.475 e. The molecule has 0 radical (unpaired) electrons. The van der Waals surface area contributed by atoms with E-state index in [4.69, 9.17) is 9.90 Å². The number of carboxylic acids is 1. The maximum absolute atomic E-state index is 12.6. The molecule has 1 aliphatic rings. The molecule has 1 atom stereocenters. The summed E-state index contributed by atoms with van der Waals surface area (Å²) in [5.41, 5.74) is 5.23. The average Bonchev–Trinajstić information content (AvgIpc) is 2.73. The normalized spacial score (nSPS) is 16.0. The molecule has 1 saturated heterocycles. The zero-order chi connectivity index (χ0) is 24.6. The second kappa shape index (κ2) is 11.8. The van der Waals surface area contributed by atoms with Crippen LogP contribution in [0.2, 0.25) is 0 Å². The Hall–Kier alpha value is -2.91. The van der Waals surface area contributed by atoms with Crippen LogP contribution in [0.1, 0.15) is 45.8 Å². The number of carbonyl (C=O) groups is 2. The number of halogens is 3. The number of amides is 1. The van der Waals surface area contributed by atoms with Crippen molar-refractivity contribution in [1.29, 1.82) is 0 Å². The molecule has 6 nitrogen and oxygen atoms in total. The third-order valence-corrected chi connectivity index (χ3v) is 5.08. The molecule has 1 unspecified atom stereocenters. The van der Waals surface area contributed by atoms with Crippen molar-refractivity contribution in [2.75, 3.05) is 32.5 Å². The average molecular weight is 466 g/mol. The lowest BCUT2D eigenvalue weighted by Gasteiger charge is -2.23. The van der Waals surface area contributed by atoms with Gasteiger partial charge in [-0.15, -0.1) is 0 Å². The molecule has 0 aromatic heterocycles. The molecule has 0 saturated carbocycles. The minimum atomic E-state index is -5.08. The van der Waals surface area contributed by atoms with Crippen molar-refractivity contribution >= 4 is 17.6 Å². The van der Waals surface area contributed by atoms with Crippen LogP contribution in [0.4, 0.5) is 18.9 Å². The Morgan fingerprint density at radius 2 is 1.79 bits per heavy atom. The number of rotatable bonds is 5. The summed E-state index contributed by atoms with van der Waals surface area (Å²) in [5.74, 6) is -2.25. The molecular formula is C24H30F3N3O3. The van der Waals surface area contributed by atoms with Gasteiger partial charge in [-0.25, -0.2) is 4.79 Å². The smallest absolute Gasteiger partial charge is 0.475 e. The lowest BCUT2D eigenvalue weighted by molar-refractivity contribution is -0.192. The Bertz CT molecular complexity index is 938. The number of hydrogen-bond donors (Lipinski definition) is 3. The van der Waals surface area contributed by atoms with Crippen LogP contribution in [-0.4, -0.2) is 55.2 Å². The quantitative estimate of drug-likeness (QED) is 0.610. The van der Waals surface area contributed by atoms with Crippen molar-refractivity contribution < 1.29 is 27.9 Å². The minimum absolute atomic E-state index is 0.0558. The van der Waals surface area contributed by atoms with E-state index in [0.29, 0.717) is 11.5 Å². The van der Waals surface area contributed by atoms with Crippen molar-refractivity contribution in [3.63, 3.8) is 0 Å². The van der Waals surface area contributed by atoms with Crippen LogP contribution in [0.3, 0.4) is 0 Å². The fourth-order valence-electron chi connectivity index (χ4n) is 3.64. The highest BCUT2D eigenvalue weighted by molar-refractivity contribution is 6.04. The van der Waals surface area contributed by atoms with Gasteiger partial charge in [0.2, 0.25) is 0 Å². The van der Waals surface area contributed by atoms with Gasteiger partial charge in [-0.2, -0.15) is 13.2 Å². The van der Waals surface area contributed by atoms with Crippen LogP contribution in [0.25, 0.3) is 0 Å². The van der Waals surface area contributed by atoms with Gasteiger partial charge in [0.25, 0.3) is 5.91 Å². The molecule has 0 aliphatic carbocycles. The third-order valence-electron chi connectivity index (χ3n) is 5.08. The first-order valence-corrected chi connectivity index (χ1v) is 10.6. The number of piperidine rings is 1. The van der Waals surface area contributed by atoms with E-state index in [1.807, 2.05) is 38.4 Å². The Labute approximate surface area is 191 Å². The summed E-state index contributed by atoms with van der Waals surface area (Å²) in [4.78, 5) is 23.6. The van der Waals surface area contributed by atoms with Gasteiger partial charge in [-0.1, -0.05) is 18.2 Å². The number of carboxylic acid groups (broad SMARTS) is 1. The number of anilines is 1. The standard InChI is InChI=1S/C22H29N3O.C2HF3O2/c1-16-11-17(15-25(2)3)13-21(12-16)24-22(26)19-8-6-18(7-9-19)20-5-4-10-23-14-20;3-2(4,5)1(6)7/h6-9,11-13,20,23H,4-5,10,14-15H2,1-3H3,(H,24,26);(H,6,7). The lowest BCUT2D eigenvalue weighted by atomic mass is 9.91. The highest BCUT2D eigenvalue weighted by Crippen LogP contribution is 2.24. The zero-order valence-corrected chi connectivity index (χ0v) is 19.0. The molecule has 9 heteroatoms. The van der Waals surface area contributed by atoms with Crippen molar-refractivity contribution in [3.05, 3.63) is 64.7 Å². The Balaban J connectivity index is 0.000000479. The highest BCUT2D eigenvalue weighted by atomic mass is 19.4. The number of hydrogen-bond acceptors (Lipinski definition) is 4. The van der Waals surface area contributed by atoms with Crippen LogP contribution in [0, 0.1) is 6.92 Å². The predicted octanol–water partition coefficient (Wildman–Crippen LogP) is 4.41. The summed E-state index contributed by atoms with van der Waals surface area (Å²) in [6, 6.07) is 14.3. The van der Waals surface area contributed by atoms with E-state index >= 15 is 0 Å². The molecule has 3 rings (SSSR count). The summed E-state index contributed by atoms with van der Waals surface area (Å²) < 4.78 is 31.7. The largest absolute Gasteiger partial charge is 0.490 e. The molecule has 1 amide bonds. The van der Waals surface area contributed by atoms with Crippen molar-refractivity contribution in [3.8, 4) is 0 Å². The molecule has 1 fully saturated rings. The van der Waals surface area contributed by atoms with Gasteiger partial charge < -0.3 is 20.6 Å². The van der Waals surface area contributed by atoms with Crippen LogP contribution in [0.15, 0.2) is 42.5 Å². The number of aryl methyl sites for hydroxylation is 1. The van der Waals surface area contributed by atoms with Crippen molar-refractivity contribution in [2.45, 2.75) is 38.4 Å². The van der Waals surface area contributed by atoms with E-state index in [9.17, 15) is 18.0 Å². The molecule has 0 bridgehead atoms. The van der Waals surface area contributed by atoms with Crippen molar-refractivity contribution in [1.82, 2.24) is 10.2 Å². The molecule has 180 valence electrons. The van der Waals surface area contributed by atoms with Crippen molar-refractivity contribution in [2.24, 2.45) is 0 Å². The van der Waals surface area contributed by atoms with E-state index < -0.39 is 12.1 Å². The van der Waals surface area contributed by atoms with E-state index in [2.05, 4.69) is 40.7 Å². The topological polar surface area (TPSA) is 81.7 Å². The van der Waals surface area contributed by atoms with Crippen LogP contribution < -0.4 is 10.6 Å². The van der Waals surface area contributed by atoms with Gasteiger partial charge in [-0.05, 0) is 87.3 Å². The van der Waals surface area contributed by atoms with Crippen LogP contribution >= 0.6 is 0 Å². The van der Waals surface area contributed by atoms with Gasteiger partial charge in [0.05, 0.1) is 0 Å². The van der Waals surface area contributed by atoms with Gasteiger partial charge in [-0.3, -0.25) is 4.79 Å². The second-order valence-corrected chi connectivity index (χ2v) is 8.37. The number of alkyl halides is 3. The maximum Gasteiger partial charge on any atom is 0.490 e. The maximum atomic E-state index is 12.6. The monoisotopic (exact) mass is 465 g/mol. The molecule has 33 heavy (non-hydrogen) atoms. The molecule has 0 spiro atoms. The van der Waals surface area contributed by atoms with E-state index in [1.165, 1.54) is 24.0 Å². The van der Waals surface area contributed by atoms with Gasteiger partial charge in [0.1, 0.15) is 0 Å². The summed E-state index contributed by atoms with van der Waals surface area (Å²) in [6.07, 6.45) is -2.65. The first-order valence-electron chi connectivity index (χ1n) is 10.6. The molecule has 1 aliphatic heterocycles. The number of nitrogens with zero attached hydrogens (tertiary/aromatic N) is 1. The molecule has 2 aromatic rings. The predicted molar refractivity (Wildman–Crippen MR) is 122 cm³/mol. The van der Waals surface area contributed by atoms with E-state index in [-0.39, 0.29) is 5.91 Å². The van der Waals surface area contributed by atoms with E-state index in [0.717, 1.165) is 30.9 Å². The lowest BCUT2D eigenvalue weighted by Crippen LogP contribution is -2.28. The molecule has 2 aromatic carbocycles. The Kier molecular flexibility index (Phi) is 9.43. The van der Waals surface area contributed by atoms with Gasteiger partial charge >= 0.3 is 12.1 Å². The zero-order valence-electron chi connectivity index (χ0n) is 19.0. The van der Waals surface area contributed by atoms with Gasteiger partial charge in [0, 0.05) is 24.3 Å². The number of nitrogens with one attached hydrogen (secondary N) is 2. The number of aliphatic carboxylic acids is 1. The second-order valence-electron chi connectivity index (χ2n) is 8.37. The molecule has 1 heterocycles. The number of carbonyl (C=O) groups excluding carboxylic acids is 1. The Morgan fingerprint density at radius 3 is 2.30 bits per heavy atom. The summed E-state index contributed by atoms with van der Waals surface area (Å²) in [6.45, 7) is 5.06. The molecule has 3 N–H and O–H groups in total. The summed E-state index contributed by atoms with van der Waals surface area (Å²) >= 11 is 0. The fourth-order valence-corrected chi connectivity index (χ4v) is 3.64. The third kappa shape index (κ3) is 8.86. The van der Waals surface area contributed by atoms with Crippen LogP contribution in [0.5, 0.6) is 0 Å². The Morgan fingerprint density at radius 1 is 1.15 bits per heavy atom.